The fraction of sp³-hybridized carbons (Fsp3) is 0.200. The average molecular weight is 479 g/mol. The van der Waals surface area contributed by atoms with Gasteiger partial charge in [-0.15, -0.1) is 11.4 Å². The molecule has 2 heterocycles. The lowest BCUT2D eigenvalue weighted by Gasteiger charge is -2.21. The van der Waals surface area contributed by atoms with Crippen LogP contribution in [0.25, 0.3) is 21.9 Å². The molecule has 9 heteroatoms. The Morgan fingerprint density at radius 1 is 1.21 bits per heavy atom. The number of aromatic nitrogens is 2. The normalized spacial score (nSPS) is 13.0. The molecule has 2 aromatic carbocycles. The van der Waals surface area contributed by atoms with Crippen molar-refractivity contribution in [1.29, 1.82) is 0 Å². The number of thiol groups is 1. The summed E-state index contributed by atoms with van der Waals surface area (Å²) in [5, 5.41) is 22.6. The number of furan rings is 1. The molecule has 176 valence electrons. The highest BCUT2D eigenvalue weighted by atomic mass is 32.1. The topological polar surface area (TPSA) is 126 Å². The molecule has 0 radical (unpaired) electrons. The molecule has 0 aliphatic heterocycles. The van der Waals surface area contributed by atoms with Crippen LogP contribution in [0.5, 0.6) is 0 Å². The monoisotopic (exact) mass is 478 g/mol. The van der Waals surface area contributed by atoms with Gasteiger partial charge in [-0.25, -0.2) is 9.97 Å². The van der Waals surface area contributed by atoms with Gasteiger partial charge < -0.3 is 25.3 Å². The molecule has 1 amide bonds. The summed E-state index contributed by atoms with van der Waals surface area (Å²) in [4.78, 5) is 22.4. The number of para-hydroxylation sites is 1. The quantitative estimate of drug-likeness (QED) is 0.171. The lowest BCUT2D eigenvalue weighted by Crippen LogP contribution is -2.22. The summed E-state index contributed by atoms with van der Waals surface area (Å²) in [7, 11) is 0. The van der Waals surface area contributed by atoms with Crippen LogP contribution in [0.2, 0.25) is 0 Å². The first-order valence-corrected chi connectivity index (χ1v) is 11.6. The average Bonchev–Trinajstić information content (AvgIpc) is 3.21. The number of hydrogen-bond donors (Lipinski definition) is 4. The van der Waals surface area contributed by atoms with Crippen LogP contribution in [-0.4, -0.2) is 43.1 Å². The summed E-state index contributed by atoms with van der Waals surface area (Å²) in [6, 6.07) is 13.2. The number of aryl methyl sites for hydroxylation is 1. The first-order valence-electron chi connectivity index (χ1n) is 10.7. The largest absolute Gasteiger partial charge is 0.456 e. The predicted octanol–water partition coefficient (Wildman–Crippen LogP) is 4.04. The molecule has 0 saturated carbocycles. The number of hydrogen-bond acceptors (Lipinski definition) is 6. The van der Waals surface area contributed by atoms with E-state index in [-0.39, 0.29) is 18.2 Å². The molecular weight excluding hydrogens is 452 g/mol. The molecule has 0 saturated heterocycles. The number of carbonyl (C=O) groups is 1. The molecule has 0 aliphatic carbocycles. The van der Waals surface area contributed by atoms with Crippen LogP contribution in [0.3, 0.4) is 0 Å². The number of allylic oxidation sites excluding steroid dienone is 1. The Kier molecular flexibility index (Phi) is 7.06. The van der Waals surface area contributed by atoms with Crippen LogP contribution in [0, 0.1) is 6.92 Å². The summed E-state index contributed by atoms with van der Waals surface area (Å²) in [5.74, 6) is 0.857. The highest BCUT2D eigenvalue weighted by molar-refractivity contribution is 8.02. The Morgan fingerprint density at radius 2 is 1.97 bits per heavy atom. The maximum atomic E-state index is 11.9. The van der Waals surface area contributed by atoms with E-state index in [0.717, 1.165) is 21.9 Å². The second kappa shape index (κ2) is 10.2. The van der Waals surface area contributed by atoms with Crippen LogP contribution in [0.4, 0.5) is 5.82 Å². The molecular formula is C25H26N4O4S. The first kappa shape index (κ1) is 23.6. The van der Waals surface area contributed by atoms with Gasteiger partial charge >= 0.3 is 0 Å². The second-order valence-corrected chi connectivity index (χ2v) is 9.00. The zero-order valence-corrected chi connectivity index (χ0v) is 19.8. The molecule has 34 heavy (non-hydrogen) atoms. The minimum atomic E-state index is -0.124. The van der Waals surface area contributed by atoms with Crippen LogP contribution in [0.1, 0.15) is 30.3 Å². The molecule has 0 bridgehead atoms. The fourth-order valence-electron chi connectivity index (χ4n) is 3.70. The SMILES string of the molecule is C/C(=C(CCO)/[SH]=C(\O)c1ccc2oc3ccccc3c2c1)N(C=O)Cc1cnc(C)nc1N. The molecule has 4 N–H and O–H groups in total. The third-order valence-electron chi connectivity index (χ3n) is 5.56. The summed E-state index contributed by atoms with van der Waals surface area (Å²) in [5.41, 5.74) is 9.38. The number of carbonyl (C=O) groups excluding carboxylic acids is 1. The molecule has 0 unspecified atom stereocenters. The maximum Gasteiger partial charge on any atom is 0.214 e. The third kappa shape index (κ3) is 4.86. The summed E-state index contributed by atoms with van der Waals surface area (Å²) < 4.78 is 5.86. The van der Waals surface area contributed by atoms with Gasteiger partial charge in [-0.3, -0.25) is 4.79 Å². The highest BCUT2D eigenvalue weighted by Gasteiger charge is 2.14. The van der Waals surface area contributed by atoms with Gasteiger partial charge in [0.1, 0.15) is 27.9 Å². The number of rotatable bonds is 8. The number of benzene rings is 2. The van der Waals surface area contributed by atoms with Gasteiger partial charge in [0.2, 0.25) is 6.41 Å². The van der Waals surface area contributed by atoms with Crippen LogP contribution < -0.4 is 5.73 Å². The van der Waals surface area contributed by atoms with Gasteiger partial charge in [0.05, 0.1) is 6.54 Å². The van der Waals surface area contributed by atoms with Crippen molar-refractivity contribution < 1.29 is 19.4 Å². The van der Waals surface area contributed by atoms with Gasteiger partial charge in [-0.1, -0.05) is 18.2 Å². The Hall–Kier alpha value is -3.53. The zero-order valence-electron chi connectivity index (χ0n) is 18.9. The van der Waals surface area contributed by atoms with Crippen molar-refractivity contribution in [1.82, 2.24) is 14.9 Å². The molecule has 8 nitrogen and oxygen atoms in total. The predicted molar refractivity (Wildman–Crippen MR) is 137 cm³/mol. The standard InChI is InChI=1S/C25H26N4O4S/c1-15(29(14-31)13-18-12-27-16(2)28-24(18)26)23(9-10-30)34-25(32)17-7-8-22-20(11-17)19-5-3-4-6-21(19)33-22/h3-8,11-12,14,30,32,34H,9-10,13H2,1-2H3,(H2,26,27,28)/b23-15-. The van der Waals surface area contributed by atoms with Crippen molar-refractivity contribution in [2.45, 2.75) is 26.8 Å². The zero-order chi connectivity index (χ0) is 24.2. The van der Waals surface area contributed by atoms with Crippen LogP contribution >= 0.6 is 11.4 Å². The number of aliphatic hydroxyl groups is 2. The Morgan fingerprint density at radius 3 is 2.71 bits per heavy atom. The van der Waals surface area contributed by atoms with E-state index in [0.29, 0.717) is 57.6 Å². The molecule has 2 aromatic heterocycles. The lowest BCUT2D eigenvalue weighted by molar-refractivity contribution is -0.116. The minimum absolute atomic E-state index is 0.110. The van der Waals surface area contributed by atoms with E-state index in [1.807, 2.05) is 36.4 Å². The third-order valence-corrected chi connectivity index (χ3v) is 6.85. The molecule has 4 rings (SSSR count). The molecule has 0 spiro atoms. The lowest BCUT2D eigenvalue weighted by atomic mass is 10.1. The Labute approximate surface area is 200 Å². The summed E-state index contributed by atoms with van der Waals surface area (Å²) >= 11 is 0.488. The van der Waals surface area contributed by atoms with E-state index >= 15 is 0 Å². The van der Waals surface area contributed by atoms with Crippen molar-refractivity contribution in [3.8, 4) is 0 Å². The van der Waals surface area contributed by atoms with E-state index in [9.17, 15) is 15.0 Å². The van der Waals surface area contributed by atoms with Crippen molar-refractivity contribution in [2.24, 2.45) is 0 Å². The number of anilines is 1. The van der Waals surface area contributed by atoms with Crippen LogP contribution in [-0.2, 0) is 11.3 Å². The maximum absolute atomic E-state index is 11.9. The fourth-order valence-corrected chi connectivity index (χ4v) is 4.73. The number of nitrogens with zero attached hydrogens (tertiary/aromatic N) is 3. The van der Waals surface area contributed by atoms with Gasteiger partial charge in [0.25, 0.3) is 0 Å². The number of nitrogen functional groups attached to an aromatic ring is 1. The van der Waals surface area contributed by atoms with Gasteiger partial charge in [-0.2, -0.15) is 0 Å². The van der Waals surface area contributed by atoms with Gasteiger partial charge in [0.15, 0.2) is 0 Å². The molecule has 0 atom stereocenters. The summed E-state index contributed by atoms with van der Waals surface area (Å²) in [6.45, 7) is 3.57. The van der Waals surface area contributed by atoms with Crippen molar-refractivity contribution in [2.75, 3.05) is 12.3 Å². The Bertz CT molecular complexity index is 1430. The van der Waals surface area contributed by atoms with E-state index in [1.165, 1.54) is 4.90 Å². The second-order valence-electron chi connectivity index (χ2n) is 7.81. The van der Waals surface area contributed by atoms with Crippen molar-refractivity contribution >= 4 is 50.6 Å². The van der Waals surface area contributed by atoms with E-state index < -0.39 is 0 Å². The van der Waals surface area contributed by atoms with Gasteiger partial charge in [0, 0.05) is 51.7 Å². The number of fused-ring (bicyclic) bond motifs is 3. The van der Waals surface area contributed by atoms with Crippen molar-refractivity contribution in [3.63, 3.8) is 0 Å². The van der Waals surface area contributed by atoms with Gasteiger partial charge in [-0.05, 0) is 38.1 Å². The van der Waals surface area contributed by atoms with Crippen molar-refractivity contribution in [3.05, 3.63) is 76.2 Å². The highest BCUT2D eigenvalue weighted by Crippen LogP contribution is 2.30. The smallest absolute Gasteiger partial charge is 0.214 e. The minimum Gasteiger partial charge on any atom is -0.456 e. The van der Waals surface area contributed by atoms with E-state index in [1.54, 1.807) is 26.1 Å². The molecule has 0 aliphatic rings. The Balaban J connectivity index is 1.70. The number of amides is 1. The first-order chi connectivity index (χ1) is 16.4. The van der Waals surface area contributed by atoms with E-state index in [4.69, 9.17) is 10.2 Å². The number of aliphatic hydroxyl groups excluding tert-OH is 2. The molecule has 4 aromatic rings. The summed E-state index contributed by atoms with van der Waals surface area (Å²) in [6.07, 6.45) is 2.58. The van der Waals surface area contributed by atoms with Crippen LogP contribution in [0.15, 0.2) is 63.7 Å². The molecule has 0 fully saturated rings. The number of nitrogens with two attached hydrogens (primary N) is 1. The van der Waals surface area contributed by atoms with E-state index in [2.05, 4.69) is 9.97 Å².